The summed E-state index contributed by atoms with van der Waals surface area (Å²) in [4.78, 5) is 27.3. The van der Waals surface area contributed by atoms with Crippen molar-refractivity contribution < 1.29 is 14.7 Å². The van der Waals surface area contributed by atoms with Gasteiger partial charge in [-0.25, -0.2) is 9.59 Å². The van der Waals surface area contributed by atoms with Crippen LogP contribution in [0, 0.1) is 0 Å². The summed E-state index contributed by atoms with van der Waals surface area (Å²) in [5, 5.41) is 14.6. The van der Waals surface area contributed by atoms with Crippen molar-refractivity contribution in [2.24, 2.45) is 0 Å². The van der Waals surface area contributed by atoms with E-state index in [1.54, 1.807) is 32.3 Å². The molecule has 0 saturated heterocycles. The molecule has 1 rings (SSSR count). The van der Waals surface area contributed by atoms with Gasteiger partial charge in [0.15, 0.2) is 0 Å². The molecule has 0 aromatic carbocycles. The maximum atomic E-state index is 12.0. The highest BCUT2D eigenvalue weighted by molar-refractivity contribution is 5.86. The topological polar surface area (TPSA) is 91.3 Å². The van der Waals surface area contributed by atoms with Crippen LogP contribution in [0.2, 0.25) is 0 Å². The number of carboxylic acid groups (broad SMARTS) is 1. The van der Waals surface area contributed by atoms with Gasteiger partial charge in [0.1, 0.15) is 5.54 Å². The van der Waals surface area contributed by atoms with Crippen LogP contribution in [0.25, 0.3) is 0 Å². The Labute approximate surface area is 118 Å². The number of carbonyl (C=O) groups excluding carboxylic acids is 1. The standard InChI is InChI=1S/C14H21N3O3/c1-4-14(5-2,12(18)19)17-13(20)16-10(3)11-7-6-8-15-9-11/h6-10H,4-5H2,1-3H3,(H,18,19)(H2,16,17,20). The summed E-state index contributed by atoms with van der Waals surface area (Å²) in [5.74, 6) is -1.02. The summed E-state index contributed by atoms with van der Waals surface area (Å²) in [7, 11) is 0. The molecular formula is C14H21N3O3. The van der Waals surface area contributed by atoms with E-state index in [1.807, 2.05) is 13.0 Å². The first-order valence-electron chi connectivity index (χ1n) is 6.67. The zero-order valence-electron chi connectivity index (χ0n) is 12.0. The van der Waals surface area contributed by atoms with E-state index in [9.17, 15) is 14.7 Å². The van der Waals surface area contributed by atoms with Gasteiger partial charge >= 0.3 is 12.0 Å². The summed E-state index contributed by atoms with van der Waals surface area (Å²) >= 11 is 0. The van der Waals surface area contributed by atoms with Crippen molar-refractivity contribution in [3.63, 3.8) is 0 Å². The molecule has 0 aliphatic rings. The summed E-state index contributed by atoms with van der Waals surface area (Å²) in [6.07, 6.45) is 3.97. The molecule has 2 amide bonds. The first-order valence-corrected chi connectivity index (χ1v) is 6.67. The lowest BCUT2D eigenvalue weighted by Crippen LogP contribution is -2.56. The van der Waals surface area contributed by atoms with Crippen LogP contribution in [-0.4, -0.2) is 27.6 Å². The third-order valence-electron chi connectivity index (χ3n) is 3.50. The Kier molecular flexibility index (Phi) is 5.49. The first kappa shape index (κ1) is 15.9. The Balaban J connectivity index is 2.70. The van der Waals surface area contributed by atoms with Crippen molar-refractivity contribution in [3.05, 3.63) is 30.1 Å². The third-order valence-corrected chi connectivity index (χ3v) is 3.50. The molecular weight excluding hydrogens is 258 g/mol. The van der Waals surface area contributed by atoms with Crippen LogP contribution in [0.5, 0.6) is 0 Å². The van der Waals surface area contributed by atoms with Crippen molar-refractivity contribution in [2.45, 2.75) is 45.2 Å². The van der Waals surface area contributed by atoms with E-state index in [2.05, 4.69) is 15.6 Å². The molecule has 6 heteroatoms. The number of aromatic nitrogens is 1. The Morgan fingerprint density at radius 3 is 2.50 bits per heavy atom. The molecule has 20 heavy (non-hydrogen) atoms. The summed E-state index contributed by atoms with van der Waals surface area (Å²) in [5.41, 5.74) is -0.366. The number of hydrogen-bond donors (Lipinski definition) is 3. The lowest BCUT2D eigenvalue weighted by molar-refractivity contribution is -0.144. The molecule has 0 aliphatic carbocycles. The highest BCUT2D eigenvalue weighted by atomic mass is 16.4. The van der Waals surface area contributed by atoms with Gasteiger partial charge < -0.3 is 15.7 Å². The van der Waals surface area contributed by atoms with E-state index in [1.165, 1.54) is 0 Å². The van der Waals surface area contributed by atoms with Gasteiger partial charge in [0, 0.05) is 12.4 Å². The number of carboxylic acids is 1. The number of aliphatic carboxylic acids is 1. The van der Waals surface area contributed by atoms with Crippen molar-refractivity contribution in [3.8, 4) is 0 Å². The molecule has 1 unspecified atom stereocenters. The summed E-state index contributed by atoms with van der Waals surface area (Å²) < 4.78 is 0. The van der Waals surface area contributed by atoms with Crippen LogP contribution in [0.1, 0.15) is 45.2 Å². The second kappa shape index (κ2) is 6.88. The van der Waals surface area contributed by atoms with Crippen LogP contribution in [0.3, 0.4) is 0 Å². The largest absolute Gasteiger partial charge is 0.480 e. The number of urea groups is 1. The maximum absolute atomic E-state index is 12.0. The zero-order valence-corrected chi connectivity index (χ0v) is 12.0. The lowest BCUT2D eigenvalue weighted by Gasteiger charge is -2.29. The lowest BCUT2D eigenvalue weighted by atomic mass is 9.93. The molecule has 3 N–H and O–H groups in total. The molecule has 0 aliphatic heterocycles. The minimum absolute atomic E-state index is 0.246. The number of carbonyl (C=O) groups is 2. The van der Waals surface area contributed by atoms with Gasteiger partial charge in [-0.1, -0.05) is 19.9 Å². The van der Waals surface area contributed by atoms with Crippen LogP contribution >= 0.6 is 0 Å². The number of hydrogen-bond acceptors (Lipinski definition) is 3. The van der Waals surface area contributed by atoms with Gasteiger partial charge in [0.25, 0.3) is 0 Å². The van der Waals surface area contributed by atoms with Crippen LogP contribution < -0.4 is 10.6 Å². The second-order valence-electron chi connectivity index (χ2n) is 4.70. The molecule has 110 valence electrons. The SMILES string of the molecule is CCC(CC)(NC(=O)NC(C)c1cccnc1)C(=O)O. The van der Waals surface area contributed by atoms with Gasteiger partial charge in [-0.15, -0.1) is 0 Å². The highest BCUT2D eigenvalue weighted by Gasteiger charge is 2.36. The quantitative estimate of drug-likeness (QED) is 0.743. The van der Waals surface area contributed by atoms with E-state index in [0.717, 1.165) is 5.56 Å². The van der Waals surface area contributed by atoms with Crippen LogP contribution in [-0.2, 0) is 4.79 Å². The Morgan fingerprint density at radius 1 is 1.40 bits per heavy atom. The Morgan fingerprint density at radius 2 is 2.05 bits per heavy atom. The van der Waals surface area contributed by atoms with Gasteiger partial charge in [-0.05, 0) is 31.4 Å². The van der Waals surface area contributed by atoms with Gasteiger partial charge in [-0.2, -0.15) is 0 Å². The minimum Gasteiger partial charge on any atom is -0.480 e. The van der Waals surface area contributed by atoms with E-state index >= 15 is 0 Å². The zero-order chi connectivity index (χ0) is 15.2. The number of pyridine rings is 1. The highest BCUT2D eigenvalue weighted by Crippen LogP contribution is 2.16. The molecule has 0 saturated carbocycles. The maximum Gasteiger partial charge on any atom is 0.329 e. The fraction of sp³-hybridized carbons (Fsp3) is 0.500. The van der Waals surface area contributed by atoms with E-state index in [-0.39, 0.29) is 6.04 Å². The van der Waals surface area contributed by atoms with Crippen molar-refractivity contribution >= 4 is 12.0 Å². The molecule has 1 heterocycles. The average molecular weight is 279 g/mol. The number of nitrogens with one attached hydrogen (secondary N) is 2. The predicted molar refractivity (Wildman–Crippen MR) is 75.3 cm³/mol. The fourth-order valence-electron chi connectivity index (χ4n) is 1.95. The molecule has 0 fully saturated rings. The minimum atomic E-state index is -1.22. The Bertz CT molecular complexity index is 458. The molecule has 0 radical (unpaired) electrons. The fourth-order valence-corrected chi connectivity index (χ4v) is 1.95. The molecule has 1 atom stereocenters. The number of rotatable bonds is 6. The van der Waals surface area contributed by atoms with E-state index in [4.69, 9.17) is 0 Å². The monoisotopic (exact) mass is 279 g/mol. The van der Waals surface area contributed by atoms with Gasteiger partial charge in [0.05, 0.1) is 6.04 Å². The van der Waals surface area contributed by atoms with Crippen LogP contribution in [0.4, 0.5) is 4.79 Å². The van der Waals surface area contributed by atoms with Gasteiger partial charge in [-0.3, -0.25) is 4.98 Å². The predicted octanol–water partition coefficient (Wildman–Crippen LogP) is 2.09. The Hall–Kier alpha value is -2.11. The van der Waals surface area contributed by atoms with E-state index in [0.29, 0.717) is 12.8 Å². The number of amides is 2. The van der Waals surface area contributed by atoms with Gasteiger partial charge in [0.2, 0.25) is 0 Å². The smallest absolute Gasteiger partial charge is 0.329 e. The van der Waals surface area contributed by atoms with Crippen molar-refractivity contribution in [2.75, 3.05) is 0 Å². The van der Waals surface area contributed by atoms with Crippen molar-refractivity contribution in [1.29, 1.82) is 0 Å². The molecule has 1 aromatic heterocycles. The molecule has 0 bridgehead atoms. The van der Waals surface area contributed by atoms with E-state index < -0.39 is 17.5 Å². The van der Waals surface area contributed by atoms with Crippen molar-refractivity contribution in [1.82, 2.24) is 15.6 Å². The van der Waals surface area contributed by atoms with Crippen LogP contribution in [0.15, 0.2) is 24.5 Å². The summed E-state index contributed by atoms with van der Waals surface area (Å²) in [6, 6.07) is 2.89. The molecule has 1 aromatic rings. The summed E-state index contributed by atoms with van der Waals surface area (Å²) in [6.45, 7) is 5.29. The second-order valence-corrected chi connectivity index (χ2v) is 4.70. The number of nitrogens with zero attached hydrogens (tertiary/aromatic N) is 1. The normalized spacial score (nSPS) is 12.6. The average Bonchev–Trinajstić information content (AvgIpc) is 2.45. The molecule has 0 spiro atoms. The third kappa shape index (κ3) is 3.69. The molecule has 6 nitrogen and oxygen atoms in total. The first-order chi connectivity index (χ1) is 9.45.